The van der Waals surface area contributed by atoms with Gasteiger partial charge in [0, 0.05) is 99.1 Å². The molecule has 22 nitrogen and oxygen atoms in total. The average molecular weight is 1150 g/mol. The van der Waals surface area contributed by atoms with Crippen molar-refractivity contribution in [2.75, 3.05) is 52.4 Å². The van der Waals surface area contributed by atoms with Crippen LogP contribution >= 0.6 is 24.4 Å². The zero-order valence-electron chi connectivity index (χ0n) is 44.1. The molecule has 0 unspecified atom stereocenters. The number of aromatic nitrogens is 4. The molecule has 1 spiro atoms. The quantitative estimate of drug-likeness (QED) is 0.131. The van der Waals surface area contributed by atoms with E-state index in [2.05, 4.69) is 20.6 Å². The van der Waals surface area contributed by atoms with Crippen LogP contribution in [0.4, 0.5) is 0 Å². The number of piperidine rings is 4. The minimum Gasteiger partial charge on any atom is -0.393 e. The fourth-order valence-corrected chi connectivity index (χ4v) is 12.8. The molecule has 0 atom stereocenters. The van der Waals surface area contributed by atoms with Crippen LogP contribution < -0.4 is 22.1 Å². The van der Waals surface area contributed by atoms with Crippen molar-refractivity contribution in [3.8, 4) is 0 Å². The molecule has 2 aromatic carbocycles. The second-order valence-corrected chi connectivity index (χ2v) is 24.7. The lowest BCUT2D eigenvalue weighted by molar-refractivity contribution is -0.125. The van der Waals surface area contributed by atoms with Crippen LogP contribution in [-0.4, -0.2) is 174 Å². The normalized spacial score (nSPS) is 19.5. The van der Waals surface area contributed by atoms with Gasteiger partial charge in [-0.2, -0.15) is 8.61 Å². The van der Waals surface area contributed by atoms with Gasteiger partial charge in [0.15, 0.2) is 10.2 Å². The summed E-state index contributed by atoms with van der Waals surface area (Å²) >= 11 is 10.2. The molecule has 5 fully saturated rings. The van der Waals surface area contributed by atoms with E-state index in [1.54, 1.807) is 92.8 Å². The molecule has 5 aliphatic heterocycles. The Morgan fingerprint density at radius 2 is 1.04 bits per heavy atom. The summed E-state index contributed by atoms with van der Waals surface area (Å²) in [4.78, 5) is 60.7. The molecule has 0 bridgehead atoms. The van der Waals surface area contributed by atoms with Crippen LogP contribution in [0.2, 0.25) is 0 Å². The van der Waals surface area contributed by atoms with Crippen molar-refractivity contribution >= 4 is 90.5 Å². The summed E-state index contributed by atoms with van der Waals surface area (Å²) in [6.45, 7) is 10.2. The number of aliphatic hydroxyl groups excluding tert-OH is 2. The van der Waals surface area contributed by atoms with Crippen LogP contribution in [0.5, 0.6) is 0 Å². The van der Waals surface area contributed by atoms with Crippen LogP contribution in [0.25, 0.3) is 12.2 Å². The van der Waals surface area contributed by atoms with Gasteiger partial charge in [-0.15, -0.1) is 0 Å². The Hall–Kier alpha value is -6.10. The lowest BCUT2D eigenvalue weighted by Gasteiger charge is -2.36. The maximum Gasteiger partial charge on any atom is 0.253 e. The summed E-state index contributed by atoms with van der Waals surface area (Å²) in [6.07, 6.45) is 16.0. The summed E-state index contributed by atoms with van der Waals surface area (Å²) in [7, 11) is -7.37. The molecule has 0 radical (unpaired) electrons. The largest absolute Gasteiger partial charge is 0.393 e. The van der Waals surface area contributed by atoms with E-state index in [1.165, 1.54) is 14.0 Å². The number of primary amides is 1. The molecule has 0 saturated carbocycles. The molecular formula is C52H68N12O10S4. The minimum atomic E-state index is -3.69. The third-order valence-corrected chi connectivity index (χ3v) is 18.6. The van der Waals surface area contributed by atoms with Crippen molar-refractivity contribution < 1.29 is 46.2 Å². The average Bonchev–Trinajstić information content (AvgIpc) is 4.20. The number of sulfonamides is 2. The number of aliphatic hydroxyl groups is 2. The zero-order valence-corrected chi connectivity index (χ0v) is 47.3. The monoisotopic (exact) mass is 1150 g/mol. The first-order valence-electron chi connectivity index (χ1n) is 25.6. The Morgan fingerprint density at radius 1 is 0.667 bits per heavy atom. The van der Waals surface area contributed by atoms with E-state index in [9.17, 15) is 46.2 Å². The summed E-state index contributed by atoms with van der Waals surface area (Å²) in [5.41, 5.74) is 15.1. The van der Waals surface area contributed by atoms with E-state index in [-0.39, 0.29) is 74.1 Å². The fraction of sp³-hybridized carbons (Fsp3) is 0.462. The van der Waals surface area contributed by atoms with Gasteiger partial charge in [0.25, 0.3) is 17.7 Å². The number of likely N-dealkylation sites (tertiary alicyclic amines) is 2. The van der Waals surface area contributed by atoms with E-state index >= 15 is 0 Å². The molecule has 78 heavy (non-hydrogen) atoms. The fourth-order valence-electron chi connectivity index (χ4n) is 9.97. The molecule has 4 aromatic rings. The van der Waals surface area contributed by atoms with E-state index in [0.29, 0.717) is 80.9 Å². The number of aryl methyl sites for hydroxylation is 4. The topological polar surface area (TPSA) is 302 Å². The van der Waals surface area contributed by atoms with Crippen molar-refractivity contribution in [2.24, 2.45) is 11.5 Å². The van der Waals surface area contributed by atoms with Gasteiger partial charge >= 0.3 is 0 Å². The number of thiocarbonyl (C=S) groups is 2. The molecule has 8 N–H and O–H groups in total. The van der Waals surface area contributed by atoms with Crippen LogP contribution in [0, 0.1) is 27.7 Å². The molecule has 5 aliphatic rings. The summed E-state index contributed by atoms with van der Waals surface area (Å²) in [6, 6.07) is 7.10. The highest BCUT2D eigenvalue weighted by atomic mass is 32.2. The molecular weight excluding hydrogens is 1080 g/mol. The van der Waals surface area contributed by atoms with Crippen LogP contribution in [0.15, 0.2) is 72.5 Å². The third-order valence-electron chi connectivity index (χ3n) is 14.9. The van der Waals surface area contributed by atoms with Crippen LogP contribution in [-0.2, 0) is 29.6 Å². The Labute approximate surface area is 465 Å². The molecule has 7 heterocycles. The number of nitrogens with zero attached hydrogens (tertiary/aromatic N) is 8. The summed E-state index contributed by atoms with van der Waals surface area (Å²) in [5, 5.41) is 28.2. The molecule has 420 valence electrons. The second-order valence-electron chi connectivity index (χ2n) is 20.3. The van der Waals surface area contributed by atoms with Gasteiger partial charge in [-0.25, -0.2) is 26.8 Å². The third kappa shape index (κ3) is 14.2. The molecule has 4 amide bonds. The van der Waals surface area contributed by atoms with Crippen LogP contribution in [0.1, 0.15) is 105 Å². The zero-order chi connectivity index (χ0) is 56.7. The van der Waals surface area contributed by atoms with Crippen LogP contribution in [0.3, 0.4) is 0 Å². The maximum absolute atomic E-state index is 13.0. The van der Waals surface area contributed by atoms with E-state index in [4.69, 9.17) is 35.9 Å². The molecule has 0 aliphatic carbocycles. The van der Waals surface area contributed by atoms with Gasteiger partial charge in [-0.1, -0.05) is 0 Å². The number of nitrogens with two attached hydrogens (primary N) is 2. The van der Waals surface area contributed by atoms with E-state index in [0.717, 1.165) is 38.8 Å². The lowest BCUT2D eigenvalue weighted by atomic mass is 9.89. The standard InChI is InChI=1S/C23H30N4O5S2.C22H32N4O5S.C7H6N4S/c1-15-13-17(20(29)26-8-3-18(28)4-9-26)14-16(2)19(15)5-12-34(31,32)27-10-6-23(7-11-27)21(30)24-22(33)25-23;1-15-13-17(20(28)25-8-3-18(27)4-9-25)14-16(2)19(15)5-12-32(30,31)26-10-6-22(24,7-11-26)21(23)29;12-7(10-3-1-8-5-10)11-4-2-9-6-11/h5,12-14,18,28H,3-4,6-11H2,1-2H3,(H2,24,25,30,33);5,12-14,18,27H,3-4,6-11,24H2,1-2H3,(H2,23,29);1-6H/b2*12-5+;. The number of benzene rings is 2. The van der Waals surface area contributed by atoms with Crippen molar-refractivity contribution in [2.45, 2.75) is 102 Å². The van der Waals surface area contributed by atoms with Gasteiger partial charge in [0.2, 0.25) is 26.0 Å². The number of carbonyl (C=O) groups excluding carboxylic acids is 4. The van der Waals surface area contributed by atoms with Crippen molar-refractivity contribution in [3.63, 3.8) is 0 Å². The molecule has 26 heteroatoms. The predicted octanol–water partition coefficient (Wildman–Crippen LogP) is 2.28. The van der Waals surface area contributed by atoms with Gasteiger partial charge in [0.1, 0.15) is 18.2 Å². The minimum absolute atomic E-state index is 0.0764. The number of hydrogen-bond donors (Lipinski definition) is 6. The van der Waals surface area contributed by atoms with Gasteiger partial charge in [-0.3, -0.25) is 28.3 Å². The first-order valence-corrected chi connectivity index (χ1v) is 29.4. The van der Waals surface area contributed by atoms with E-state index in [1.807, 2.05) is 27.7 Å². The Morgan fingerprint density at radius 3 is 1.36 bits per heavy atom. The molecule has 5 saturated heterocycles. The lowest BCUT2D eigenvalue weighted by Crippen LogP contribution is -2.58. The number of imidazole rings is 2. The Kier molecular flexibility index (Phi) is 19.0. The first kappa shape index (κ1) is 59.6. The van der Waals surface area contributed by atoms with Crippen molar-refractivity contribution in [1.29, 1.82) is 0 Å². The van der Waals surface area contributed by atoms with Gasteiger partial charge in [0.05, 0.1) is 17.7 Å². The number of carbonyl (C=O) groups is 4. The highest BCUT2D eigenvalue weighted by Crippen LogP contribution is 2.29. The predicted molar refractivity (Wildman–Crippen MR) is 302 cm³/mol. The molecule has 9 rings (SSSR count). The smallest absolute Gasteiger partial charge is 0.253 e. The number of hydrogen-bond acceptors (Lipinski definition) is 15. The molecule has 2 aromatic heterocycles. The van der Waals surface area contributed by atoms with E-state index < -0.39 is 37.0 Å². The van der Waals surface area contributed by atoms with Gasteiger partial charge in [-0.05, 0) is 173 Å². The first-order chi connectivity index (χ1) is 36.8. The SMILES string of the molecule is Cc1cc(C(=O)N2CCC(O)CC2)cc(C)c1/C=C/S(=O)(=O)N1CCC(N)(C(N)=O)CC1.Cc1cc(C(=O)N2CCC(O)CC2)cc(C)c1/C=C/S(=O)(=O)N1CCC2(CC1)NC(=S)NC2=O.S=C(n1ccnc1)n1ccnc1. The van der Waals surface area contributed by atoms with Crippen molar-refractivity contribution in [3.05, 3.63) is 117 Å². The summed E-state index contributed by atoms with van der Waals surface area (Å²) in [5.74, 6) is -0.981. The highest BCUT2D eigenvalue weighted by Gasteiger charge is 2.48. The number of rotatable bonds is 9. The Bertz CT molecular complexity index is 3090. The second kappa shape index (κ2) is 24.9. The Balaban J connectivity index is 0.000000187. The maximum atomic E-state index is 13.0. The summed E-state index contributed by atoms with van der Waals surface area (Å²) < 4.78 is 57.6. The van der Waals surface area contributed by atoms with Gasteiger partial charge < -0.3 is 42.1 Å². The van der Waals surface area contributed by atoms with Crippen molar-refractivity contribution in [1.82, 2.24) is 48.1 Å². The number of amides is 4. The highest BCUT2D eigenvalue weighted by molar-refractivity contribution is 7.92. The number of nitrogens with one attached hydrogen (secondary N) is 2.